The Labute approximate surface area is 110 Å². The molecule has 5 nitrogen and oxygen atoms in total. The largest absolute Gasteiger partial charge is 0.493 e. The molecule has 0 fully saturated rings. The van der Waals surface area contributed by atoms with Gasteiger partial charge in [0.2, 0.25) is 0 Å². The Balaban J connectivity index is 2.43. The first kappa shape index (κ1) is 12.9. The summed E-state index contributed by atoms with van der Waals surface area (Å²) in [5.74, 6) is 1.39. The molecule has 98 valence electrons. The van der Waals surface area contributed by atoms with E-state index in [4.69, 9.17) is 9.47 Å². The minimum atomic E-state index is -0.438. The van der Waals surface area contributed by atoms with Crippen LogP contribution in [-0.2, 0) is 0 Å². The number of hydrogen-bond donors (Lipinski definition) is 0. The van der Waals surface area contributed by atoms with Crippen molar-refractivity contribution >= 4 is 5.69 Å². The van der Waals surface area contributed by atoms with Gasteiger partial charge < -0.3 is 9.47 Å². The quantitative estimate of drug-likeness (QED) is 0.620. The summed E-state index contributed by atoms with van der Waals surface area (Å²) >= 11 is 0. The highest BCUT2D eigenvalue weighted by atomic mass is 16.6. The molecular weight excluding hydrogens is 246 g/mol. The van der Waals surface area contributed by atoms with Gasteiger partial charge in [-0.25, -0.2) is 0 Å². The van der Waals surface area contributed by atoms with E-state index in [0.717, 1.165) is 0 Å². The van der Waals surface area contributed by atoms with E-state index in [1.165, 1.54) is 13.2 Å². The topological polar surface area (TPSA) is 61.6 Å². The van der Waals surface area contributed by atoms with Crippen LogP contribution in [-0.4, -0.2) is 12.0 Å². The highest BCUT2D eigenvalue weighted by Crippen LogP contribution is 2.36. The maximum atomic E-state index is 10.9. The first-order valence-electron chi connectivity index (χ1n) is 5.67. The van der Waals surface area contributed by atoms with Crippen molar-refractivity contribution in [3.8, 4) is 17.2 Å². The molecule has 2 aromatic carbocycles. The number of ether oxygens (including phenoxy) is 2. The Morgan fingerprint density at radius 3 is 2.37 bits per heavy atom. The van der Waals surface area contributed by atoms with Gasteiger partial charge in [0.25, 0.3) is 5.69 Å². The molecule has 0 spiro atoms. The van der Waals surface area contributed by atoms with Gasteiger partial charge in [0.1, 0.15) is 5.75 Å². The van der Waals surface area contributed by atoms with E-state index < -0.39 is 4.92 Å². The first-order valence-corrected chi connectivity index (χ1v) is 5.67. The third-order valence-corrected chi connectivity index (χ3v) is 2.65. The summed E-state index contributed by atoms with van der Waals surface area (Å²) in [6.07, 6.45) is 0. The van der Waals surface area contributed by atoms with E-state index in [1.807, 2.05) is 18.2 Å². The van der Waals surface area contributed by atoms with Gasteiger partial charge in [-0.3, -0.25) is 10.1 Å². The lowest BCUT2D eigenvalue weighted by atomic mass is 10.2. The van der Waals surface area contributed by atoms with Crippen molar-refractivity contribution in [2.45, 2.75) is 6.92 Å². The summed E-state index contributed by atoms with van der Waals surface area (Å²) in [6.45, 7) is 1.66. The first-order chi connectivity index (χ1) is 9.11. The highest BCUT2D eigenvalue weighted by molar-refractivity contribution is 5.54. The Kier molecular flexibility index (Phi) is 3.66. The van der Waals surface area contributed by atoms with E-state index in [-0.39, 0.29) is 5.69 Å². The number of hydrogen-bond acceptors (Lipinski definition) is 4. The average molecular weight is 259 g/mol. The van der Waals surface area contributed by atoms with E-state index in [9.17, 15) is 10.1 Å². The molecule has 0 aliphatic carbocycles. The summed E-state index contributed by atoms with van der Waals surface area (Å²) in [6, 6.07) is 12.0. The summed E-state index contributed by atoms with van der Waals surface area (Å²) in [4.78, 5) is 10.5. The lowest BCUT2D eigenvalue weighted by molar-refractivity contribution is -0.385. The SMILES string of the molecule is COc1cc(C)c([N+](=O)[O-])cc1Oc1ccccc1. The summed E-state index contributed by atoms with van der Waals surface area (Å²) in [7, 11) is 1.50. The Bertz CT molecular complexity index is 596. The summed E-state index contributed by atoms with van der Waals surface area (Å²) in [5.41, 5.74) is 0.536. The van der Waals surface area contributed by atoms with E-state index in [1.54, 1.807) is 25.1 Å². The van der Waals surface area contributed by atoms with Crippen molar-refractivity contribution in [3.05, 3.63) is 58.1 Å². The normalized spacial score (nSPS) is 10.0. The van der Waals surface area contributed by atoms with Gasteiger partial charge >= 0.3 is 0 Å². The Morgan fingerprint density at radius 2 is 1.79 bits per heavy atom. The Morgan fingerprint density at radius 1 is 1.11 bits per heavy atom. The average Bonchev–Trinajstić information content (AvgIpc) is 2.41. The molecule has 0 saturated carbocycles. The fraction of sp³-hybridized carbons (Fsp3) is 0.143. The zero-order chi connectivity index (χ0) is 13.8. The van der Waals surface area contributed by atoms with Crippen LogP contribution in [0, 0.1) is 17.0 Å². The predicted molar refractivity (Wildman–Crippen MR) is 70.9 cm³/mol. The van der Waals surface area contributed by atoms with Gasteiger partial charge in [-0.15, -0.1) is 0 Å². The zero-order valence-electron chi connectivity index (χ0n) is 10.6. The molecule has 0 amide bonds. The highest BCUT2D eigenvalue weighted by Gasteiger charge is 2.17. The predicted octanol–water partition coefficient (Wildman–Crippen LogP) is 3.70. The van der Waals surface area contributed by atoms with Crippen LogP contribution in [0.3, 0.4) is 0 Å². The molecule has 0 heterocycles. The second-order valence-electron chi connectivity index (χ2n) is 3.96. The van der Waals surface area contributed by atoms with Crippen LogP contribution in [0.25, 0.3) is 0 Å². The van der Waals surface area contributed by atoms with Crippen LogP contribution in [0.1, 0.15) is 5.56 Å². The standard InChI is InChI=1S/C14H13NO4/c1-10-8-13(18-2)14(9-12(10)15(16)17)19-11-6-4-3-5-7-11/h3-9H,1-2H3. The van der Waals surface area contributed by atoms with Crippen LogP contribution in [0.2, 0.25) is 0 Å². The Hall–Kier alpha value is -2.56. The van der Waals surface area contributed by atoms with Gasteiger partial charge in [-0.05, 0) is 25.1 Å². The molecular formula is C14H13NO4. The third kappa shape index (κ3) is 2.82. The van der Waals surface area contributed by atoms with Gasteiger partial charge in [0.05, 0.1) is 18.1 Å². The molecule has 0 radical (unpaired) electrons. The fourth-order valence-electron chi connectivity index (χ4n) is 1.70. The number of methoxy groups -OCH3 is 1. The lowest BCUT2D eigenvalue weighted by Crippen LogP contribution is -1.96. The van der Waals surface area contributed by atoms with E-state index >= 15 is 0 Å². The molecule has 0 unspecified atom stereocenters. The smallest absolute Gasteiger partial charge is 0.276 e. The second kappa shape index (κ2) is 5.39. The minimum Gasteiger partial charge on any atom is -0.493 e. The van der Waals surface area contributed by atoms with Crippen LogP contribution in [0.4, 0.5) is 5.69 Å². The van der Waals surface area contributed by atoms with Crippen molar-refractivity contribution in [2.75, 3.05) is 7.11 Å². The molecule has 0 atom stereocenters. The zero-order valence-corrected chi connectivity index (χ0v) is 10.6. The number of nitrogens with zero attached hydrogens (tertiary/aromatic N) is 1. The van der Waals surface area contributed by atoms with Crippen molar-refractivity contribution in [3.63, 3.8) is 0 Å². The molecule has 2 rings (SSSR count). The molecule has 0 aliphatic rings. The number of rotatable bonds is 4. The maximum Gasteiger partial charge on any atom is 0.276 e. The molecule has 19 heavy (non-hydrogen) atoms. The van der Waals surface area contributed by atoms with Crippen LogP contribution in [0.5, 0.6) is 17.2 Å². The molecule has 0 N–H and O–H groups in total. The number of nitro benzene ring substituents is 1. The lowest BCUT2D eigenvalue weighted by Gasteiger charge is -2.11. The summed E-state index contributed by atoms with van der Waals surface area (Å²) in [5, 5.41) is 10.9. The second-order valence-corrected chi connectivity index (χ2v) is 3.96. The van der Waals surface area contributed by atoms with Gasteiger partial charge in [-0.1, -0.05) is 18.2 Å². The number of benzene rings is 2. The van der Waals surface area contributed by atoms with Crippen molar-refractivity contribution in [1.82, 2.24) is 0 Å². The summed E-state index contributed by atoms with van der Waals surface area (Å²) < 4.78 is 10.8. The van der Waals surface area contributed by atoms with Crippen LogP contribution in [0.15, 0.2) is 42.5 Å². The van der Waals surface area contributed by atoms with Gasteiger partial charge in [-0.2, -0.15) is 0 Å². The minimum absolute atomic E-state index is 0.00623. The van der Waals surface area contributed by atoms with Crippen molar-refractivity contribution in [2.24, 2.45) is 0 Å². The fourth-order valence-corrected chi connectivity index (χ4v) is 1.70. The molecule has 0 aliphatic heterocycles. The van der Waals surface area contributed by atoms with Crippen molar-refractivity contribution in [1.29, 1.82) is 0 Å². The monoisotopic (exact) mass is 259 g/mol. The van der Waals surface area contributed by atoms with Crippen LogP contribution >= 0.6 is 0 Å². The van der Waals surface area contributed by atoms with Crippen LogP contribution < -0.4 is 9.47 Å². The molecule has 5 heteroatoms. The number of para-hydroxylation sites is 1. The van der Waals surface area contributed by atoms with Crippen molar-refractivity contribution < 1.29 is 14.4 Å². The van der Waals surface area contributed by atoms with E-state index in [0.29, 0.717) is 22.8 Å². The number of nitro groups is 1. The maximum absolute atomic E-state index is 10.9. The number of aryl methyl sites for hydroxylation is 1. The molecule has 0 bridgehead atoms. The third-order valence-electron chi connectivity index (χ3n) is 2.65. The van der Waals surface area contributed by atoms with Gasteiger partial charge in [0, 0.05) is 5.56 Å². The van der Waals surface area contributed by atoms with Gasteiger partial charge in [0.15, 0.2) is 11.5 Å². The van der Waals surface area contributed by atoms with E-state index in [2.05, 4.69) is 0 Å². The molecule has 0 saturated heterocycles. The molecule has 0 aromatic heterocycles. The molecule has 2 aromatic rings.